The molecule has 1 saturated heterocycles. The van der Waals surface area contributed by atoms with Crippen molar-refractivity contribution in [3.63, 3.8) is 0 Å². The highest BCUT2D eigenvalue weighted by Crippen LogP contribution is 2.42. The fourth-order valence-corrected chi connectivity index (χ4v) is 5.81. The second kappa shape index (κ2) is 12.8. The summed E-state index contributed by atoms with van der Waals surface area (Å²) in [5, 5.41) is 20.0. The quantitative estimate of drug-likeness (QED) is 0.210. The van der Waals surface area contributed by atoms with Crippen molar-refractivity contribution >= 4 is 28.7 Å². The number of aromatic amines is 1. The molecule has 2 aromatic heterocycles. The second-order valence-electron chi connectivity index (χ2n) is 10.1. The molecular formula is C31H30N6O4S. The average Bonchev–Trinajstić information content (AvgIpc) is 3.57. The molecule has 3 aromatic carbocycles. The van der Waals surface area contributed by atoms with E-state index in [9.17, 15) is 9.90 Å². The van der Waals surface area contributed by atoms with Gasteiger partial charge in [-0.3, -0.25) is 14.9 Å². The van der Waals surface area contributed by atoms with Crippen LogP contribution in [0.1, 0.15) is 52.1 Å². The van der Waals surface area contributed by atoms with E-state index >= 15 is 0 Å². The summed E-state index contributed by atoms with van der Waals surface area (Å²) < 4.78 is 13.0. The number of para-hydroxylation sites is 2. The predicted octanol–water partition coefficient (Wildman–Crippen LogP) is 4.75. The number of carbonyl (C=O) groups is 1. The normalized spacial score (nSPS) is 20.4. The van der Waals surface area contributed by atoms with Crippen LogP contribution in [0.2, 0.25) is 0 Å². The van der Waals surface area contributed by atoms with Crippen LogP contribution < -0.4 is 5.32 Å². The third-order valence-electron chi connectivity index (χ3n) is 7.29. The van der Waals surface area contributed by atoms with Crippen molar-refractivity contribution in [2.75, 3.05) is 5.75 Å². The Kier molecular flexibility index (Phi) is 8.52. The number of H-pyrrole nitrogens is 1. The van der Waals surface area contributed by atoms with E-state index in [1.165, 1.54) is 12.5 Å². The Bertz CT molecular complexity index is 1630. The Balaban J connectivity index is 1.14. The molecule has 0 spiro atoms. The summed E-state index contributed by atoms with van der Waals surface area (Å²) in [7, 11) is 0. The minimum absolute atomic E-state index is 0.00793. The molecule has 0 aliphatic carbocycles. The molecule has 10 nitrogen and oxygen atoms in total. The van der Waals surface area contributed by atoms with Gasteiger partial charge in [-0.2, -0.15) is 5.10 Å². The number of ether oxygens (including phenoxy) is 2. The van der Waals surface area contributed by atoms with E-state index in [0.717, 1.165) is 32.9 Å². The van der Waals surface area contributed by atoms with Crippen LogP contribution in [-0.2, 0) is 22.6 Å². The SMILES string of the molecule is CC1C(CSc2ncn[nH]2)OC(c2ccc(CNC(=O)c3cnc4ccccc4n3)cc2)OC1c1ccc(CO)cc1. The minimum Gasteiger partial charge on any atom is -0.392 e. The van der Waals surface area contributed by atoms with Crippen molar-refractivity contribution in [3.05, 3.63) is 113 Å². The molecule has 1 amide bonds. The van der Waals surface area contributed by atoms with Gasteiger partial charge in [0.15, 0.2) is 11.4 Å². The van der Waals surface area contributed by atoms with Gasteiger partial charge in [0.2, 0.25) is 0 Å². The smallest absolute Gasteiger partial charge is 0.271 e. The zero-order chi connectivity index (χ0) is 28.9. The molecule has 0 saturated carbocycles. The van der Waals surface area contributed by atoms with E-state index in [1.807, 2.05) is 72.8 Å². The van der Waals surface area contributed by atoms with E-state index in [2.05, 4.69) is 37.4 Å². The van der Waals surface area contributed by atoms with E-state index in [0.29, 0.717) is 17.8 Å². The number of aliphatic hydroxyl groups is 1. The number of rotatable bonds is 9. The summed E-state index contributed by atoms with van der Waals surface area (Å²) in [4.78, 5) is 25.7. The third kappa shape index (κ3) is 6.34. The van der Waals surface area contributed by atoms with Gasteiger partial charge < -0.3 is 19.9 Å². The van der Waals surface area contributed by atoms with Crippen molar-refractivity contribution in [2.24, 2.45) is 5.92 Å². The fourth-order valence-electron chi connectivity index (χ4n) is 4.87. The van der Waals surface area contributed by atoms with E-state index in [4.69, 9.17) is 9.47 Å². The van der Waals surface area contributed by atoms with Crippen molar-refractivity contribution in [2.45, 2.75) is 43.7 Å². The highest BCUT2D eigenvalue weighted by Gasteiger charge is 2.38. The van der Waals surface area contributed by atoms with Crippen molar-refractivity contribution < 1.29 is 19.4 Å². The first-order valence-electron chi connectivity index (χ1n) is 13.6. The first-order chi connectivity index (χ1) is 20.6. The maximum Gasteiger partial charge on any atom is 0.271 e. The molecule has 4 atom stereocenters. The topological polar surface area (TPSA) is 135 Å². The molecular weight excluding hydrogens is 552 g/mol. The largest absolute Gasteiger partial charge is 0.392 e. The van der Waals surface area contributed by atoms with E-state index in [1.54, 1.807) is 11.8 Å². The number of fused-ring (bicyclic) bond motifs is 1. The van der Waals surface area contributed by atoms with Gasteiger partial charge in [-0.25, -0.2) is 9.97 Å². The van der Waals surface area contributed by atoms with Gasteiger partial charge in [0.05, 0.1) is 36.0 Å². The summed E-state index contributed by atoms with van der Waals surface area (Å²) >= 11 is 1.56. The Labute approximate surface area is 246 Å². The van der Waals surface area contributed by atoms with Gasteiger partial charge >= 0.3 is 0 Å². The minimum atomic E-state index is -0.583. The van der Waals surface area contributed by atoms with Crippen LogP contribution in [0.4, 0.5) is 0 Å². The van der Waals surface area contributed by atoms with Crippen molar-refractivity contribution in [1.82, 2.24) is 30.5 Å². The number of hydrogen-bond acceptors (Lipinski definition) is 9. The molecule has 42 heavy (non-hydrogen) atoms. The first kappa shape index (κ1) is 28.0. The van der Waals surface area contributed by atoms with Gasteiger partial charge in [0.1, 0.15) is 12.0 Å². The van der Waals surface area contributed by atoms with Crippen LogP contribution in [0.5, 0.6) is 0 Å². The van der Waals surface area contributed by atoms with Crippen LogP contribution in [0.15, 0.2) is 90.5 Å². The summed E-state index contributed by atoms with van der Waals surface area (Å²) in [6.07, 6.45) is 2.07. The summed E-state index contributed by atoms with van der Waals surface area (Å²) in [6, 6.07) is 23.1. The Morgan fingerprint density at radius 3 is 2.43 bits per heavy atom. The maximum absolute atomic E-state index is 12.7. The number of hydrogen-bond donors (Lipinski definition) is 3. The standard InChI is InChI=1S/C31H30N6O4S/c1-19-27(17-42-31-34-18-35-37-31)40-30(41-28(19)22-10-8-21(16-38)9-11-22)23-12-6-20(7-13-23)14-33-29(39)26-15-32-24-4-2-3-5-25(24)36-26/h2-13,15,18-19,27-28,30,38H,14,16-17H2,1H3,(H,33,39)(H,34,35,37). The van der Waals surface area contributed by atoms with Gasteiger partial charge in [-0.1, -0.05) is 79.3 Å². The van der Waals surface area contributed by atoms with Gasteiger partial charge in [0.25, 0.3) is 5.91 Å². The predicted molar refractivity (Wildman–Crippen MR) is 157 cm³/mol. The lowest BCUT2D eigenvalue weighted by Crippen LogP contribution is -2.38. The number of nitrogens with zero attached hydrogens (tertiary/aromatic N) is 4. The lowest BCUT2D eigenvalue weighted by molar-refractivity contribution is -0.268. The zero-order valence-corrected chi connectivity index (χ0v) is 23.7. The molecule has 6 rings (SSSR count). The maximum atomic E-state index is 12.7. The van der Waals surface area contributed by atoms with Crippen LogP contribution in [-0.4, -0.2) is 48.0 Å². The molecule has 3 heterocycles. The number of aromatic nitrogens is 5. The second-order valence-corrected chi connectivity index (χ2v) is 11.1. The number of thioether (sulfide) groups is 1. The first-order valence-corrected chi connectivity index (χ1v) is 14.6. The van der Waals surface area contributed by atoms with Crippen molar-refractivity contribution in [3.8, 4) is 0 Å². The number of benzene rings is 3. The van der Waals surface area contributed by atoms with Crippen LogP contribution in [0, 0.1) is 5.92 Å². The molecule has 3 N–H and O–H groups in total. The molecule has 1 aliphatic heterocycles. The molecule has 1 aliphatic rings. The zero-order valence-electron chi connectivity index (χ0n) is 22.9. The highest BCUT2D eigenvalue weighted by atomic mass is 32.2. The number of aliphatic hydroxyl groups excluding tert-OH is 1. The molecule has 214 valence electrons. The summed E-state index contributed by atoms with van der Waals surface area (Å²) in [5.41, 5.74) is 5.38. The Morgan fingerprint density at radius 2 is 1.69 bits per heavy atom. The number of carbonyl (C=O) groups excluding carboxylic acids is 1. The van der Waals surface area contributed by atoms with Gasteiger partial charge in [-0.05, 0) is 28.8 Å². The highest BCUT2D eigenvalue weighted by molar-refractivity contribution is 7.99. The number of nitrogens with one attached hydrogen (secondary N) is 2. The third-order valence-corrected chi connectivity index (χ3v) is 8.25. The van der Waals surface area contributed by atoms with Crippen molar-refractivity contribution in [1.29, 1.82) is 0 Å². The molecule has 0 bridgehead atoms. The van der Waals surface area contributed by atoms with Gasteiger partial charge in [-0.15, -0.1) is 0 Å². The molecule has 1 fully saturated rings. The van der Waals surface area contributed by atoms with Crippen LogP contribution >= 0.6 is 11.8 Å². The monoisotopic (exact) mass is 582 g/mol. The Morgan fingerprint density at radius 1 is 0.952 bits per heavy atom. The van der Waals surface area contributed by atoms with E-state index in [-0.39, 0.29) is 36.3 Å². The molecule has 4 unspecified atom stereocenters. The molecule has 11 heteroatoms. The summed E-state index contributed by atoms with van der Waals surface area (Å²) in [5.74, 6) is 0.445. The lowest BCUT2D eigenvalue weighted by Gasteiger charge is -2.41. The molecule has 5 aromatic rings. The number of amides is 1. The fraction of sp³-hybridized carbons (Fsp3) is 0.258. The van der Waals surface area contributed by atoms with E-state index < -0.39 is 6.29 Å². The average molecular weight is 583 g/mol. The van der Waals surface area contributed by atoms with Gasteiger partial charge in [0, 0.05) is 23.8 Å². The van der Waals surface area contributed by atoms with Crippen LogP contribution in [0.25, 0.3) is 11.0 Å². The molecule has 0 radical (unpaired) electrons. The summed E-state index contributed by atoms with van der Waals surface area (Å²) in [6.45, 7) is 2.46. The van der Waals surface area contributed by atoms with Crippen LogP contribution in [0.3, 0.4) is 0 Å². The lowest BCUT2D eigenvalue weighted by atomic mass is 9.91. The Hall–Kier alpha value is -4.16.